The molecule has 0 saturated heterocycles. The second-order valence-corrected chi connectivity index (χ2v) is 3.17. The molecule has 0 aliphatic heterocycles. The van der Waals surface area contributed by atoms with Gasteiger partial charge < -0.3 is 0 Å². The smallest absolute Gasteiger partial charge is 0.133 e. The number of hydrogen-bond donors (Lipinski definition) is 0. The Morgan fingerprint density at radius 2 is 1.93 bits per heavy atom. The van der Waals surface area contributed by atoms with Crippen LogP contribution in [-0.2, 0) is 0 Å². The van der Waals surface area contributed by atoms with Gasteiger partial charge in [0.1, 0.15) is 17.7 Å². The molecule has 0 spiro atoms. The SMILES string of the molecule is CC(=C(C#N)C#N)c1cccc(Cl)c1. The molecule has 0 aromatic heterocycles. The molecule has 3 heteroatoms. The van der Waals surface area contributed by atoms with Gasteiger partial charge in [-0.15, -0.1) is 0 Å². The molecule has 68 valence electrons. The first-order valence-corrected chi connectivity index (χ1v) is 4.34. The predicted octanol–water partition coefficient (Wildman–Crippen LogP) is 3.16. The van der Waals surface area contributed by atoms with E-state index in [1.165, 1.54) is 0 Å². The monoisotopic (exact) mass is 202 g/mol. The van der Waals surface area contributed by atoms with Crippen molar-refractivity contribution in [2.75, 3.05) is 0 Å². The molecule has 1 rings (SSSR count). The number of nitrogens with zero attached hydrogens (tertiary/aromatic N) is 2. The number of hydrogen-bond acceptors (Lipinski definition) is 2. The minimum absolute atomic E-state index is 0.118. The summed E-state index contributed by atoms with van der Waals surface area (Å²) in [7, 11) is 0. The van der Waals surface area contributed by atoms with Crippen LogP contribution in [0, 0.1) is 22.7 Å². The molecule has 0 atom stereocenters. The highest BCUT2D eigenvalue weighted by atomic mass is 35.5. The number of rotatable bonds is 1. The van der Waals surface area contributed by atoms with E-state index in [-0.39, 0.29) is 5.57 Å². The average Bonchev–Trinajstić information content (AvgIpc) is 2.19. The summed E-state index contributed by atoms with van der Waals surface area (Å²) in [6.45, 7) is 1.73. The topological polar surface area (TPSA) is 47.6 Å². The summed E-state index contributed by atoms with van der Waals surface area (Å²) in [5, 5.41) is 17.9. The Balaban J connectivity index is 3.27. The number of benzene rings is 1. The van der Waals surface area contributed by atoms with Crippen molar-refractivity contribution in [2.45, 2.75) is 6.92 Å². The van der Waals surface area contributed by atoms with Crippen molar-refractivity contribution in [1.29, 1.82) is 10.5 Å². The third-order valence-corrected chi connectivity index (χ3v) is 2.09. The zero-order valence-corrected chi connectivity index (χ0v) is 8.34. The van der Waals surface area contributed by atoms with Crippen LogP contribution in [-0.4, -0.2) is 0 Å². The lowest BCUT2D eigenvalue weighted by Crippen LogP contribution is -1.84. The Morgan fingerprint density at radius 1 is 1.29 bits per heavy atom. The summed E-state index contributed by atoms with van der Waals surface area (Å²) in [5.41, 5.74) is 1.57. The molecule has 1 aromatic rings. The van der Waals surface area contributed by atoms with E-state index < -0.39 is 0 Å². The van der Waals surface area contributed by atoms with Crippen LogP contribution < -0.4 is 0 Å². The Hall–Kier alpha value is -1.77. The van der Waals surface area contributed by atoms with Crippen molar-refractivity contribution in [3.8, 4) is 12.1 Å². The molecule has 0 radical (unpaired) electrons. The zero-order chi connectivity index (χ0) is 10.6. The second-order valence-electron chi connectivity index (χ2n) is 2.73. The van der Waals surface area contributed by atoms with E-state index in [4.69, 9.17) is 22.1 Å². The lowest BCUT2D eigenvalue weighted by Gasteiger charge is -2.00. The van der Waals surface area contributed by atoms with Gasteiger partial charge in [-0.25, -0.2) is 0 Å². The summed E-state index contributed by atoms with van der Waals surface area (Å²) in [5.74, 6) is 0. The van der Waals surface area contributed by atoms with Crippen LogP contribution in [0.3, 0.4) is 0 Å². The molecule has 1 aromatic carbocycles. The third-order valence-electron chi connectivity index (χ3n) is 1.86. The Morgan fingerprint density at radius 3 is 2.43 bits per heavy atom. The van der Waals surface area contributed by atoms with E-state index in [2.05, 4.69) is 0 Å². The van der Waals surface area contributed by atoms with Crippen molar-refractivity contribution in [3.05, 3.63) is 40.4 Å². The molecule has 0 saturated carbocycles. The fourth-order valence-electron chi connectivity index (χ4n) is 1.06. The van der Waals surface area contributed by atoms with Gasteiger partial charge in [0, 0.05) is 5.02 Å². The van der Waals surface area contributed by atoms with Crippen LogP contribution >= 0.6 is 11.6 Å². The van der Waals surface area contributed by atoms with E-state index in [1.54, 1.807) is 25.1 Å². The standard InChI is InChI=1S/C11H7ClN2/c1-8(10(6-13)7-14)9-3-2-4-11(12)5-9/h2-5H,1H3. The largest absolute Gasteiger partial charge is 0.192 e. The van der Waals surface area contributed by atoms with Gasteiger partial charge in [-0.2, -0.15) is 10.5 Å². The molecule has 0 N–H and O–H groups in total. The molecule has 0 fully saturated rings. The maximum Gasteiger partial charge on any atom is 0.133 e. The van der Waals surface area contributed by atoms with Crippen LogP contribution in [0.4, 0.5) is 0 Å². The maximum absolute atomic E-state index is 8.66. The van der Waals surface area contributed by atoms with Crippen LogP contribution in [0.25, 0.3) is 5.57 Å². The van der Waals surface area contributed by atoms with Gasteiger partial charge in [0.2, 0.25) is 0 Å². The van der Waals surface area contributed by atoms with Crippen LogP contribution in [0.15, 0.2) is 29.8 Å². The van der Waals surface area contributed by atoms with Gasteiger partial charge in [0.15, 0.2) is 0 Å². The number of halogens is 1. The van der Waals surface area contributed by atoms with Crippen molar-refractivity contribution in [3.63, 3.8) is 0 Å². The van der Waals surface area contributed by atoms with Gasteiger partial charge >= 0.3 is 0 Å². The molecule has 0 aliphatic rings. The first-order valence-electron chi connectivity index (χ1n) is 3.96. The minimum Gasteiger partial charge on any atom is -0.192 e. The first kappa shape index (κ1) is 10.3. The van der Waals surface area contributed by atoms with Crippen LogP contribution in [0.5, 0.6) is 0 Å². The fraction of sp³-hybridized carbons (Fsp3) is 0.0909. The average molecular weight is 203 g/mol. The summed E-state index contributed by atoms with van der Waals surface area (Å²) in [6, 6.07) is 10.8. The molecule has 2 nitrogen and oxygen atoms in total. The van der Waals surface area contributed by atoms with Gasteiger partial charge in [-0.3, -0.25) is 0 Å². The van der Waals surface area contributed by atoms with E-state index in [9.17, 15) is 0 Å². The second kappa shape index (κ2) is 4.46. The number of nitriles is 2. The van der Waals surface area contributed by atoms with E-state index in [1.807, 2.05) is 18.2 Å². The molecular formula is C11H7ClN2. The Bertz CT molecular complexity index is 445. The lowest BCUT2D eigenvalue weighted by molar-refractivity contribution is 1.44. The molecule has 0 unspecified atom stereocenters. The molecule has 0 amide bonds. The summed E-state index contributed by atoms with van der Waals surface area (Å²) in [6.07, 6.45) is 0. The highest BCUT2D eigenvalue weighted by Crippen LogP contribution is 2.20. The maximum atomic E-state index is 8.66. The molecule has 0 bridgehead atoms. The highest BCUT2D eigenvalue weighted by molar-refractivity contribution is 6.30. The minimum atomic E-state index is 0.118. The zero-order valence-electron chi connectivity index (χ0n) is 7.58. The normalized spacial score (nSPS) is 8.57. The Kier molecular flexibility index (Phi) is 3.29. The van der Waals surface area contributed by atoms with Gasteiger partial charge in [-0.1, -0.05) is 23.7 Å². The molecule has 0 aliphatic carbocycles. The Labute approximate surface area is 87.7 Å². The fourth-order valence-corrected chi connectivity index (χ4v) is 1.25. The predicted molar refractivity (Wildman–Crippen MR) is 55.3 cm³/mol. The van der Waals surface area contributed by atoms with Crippen molar-refractivity contribution < 1.29 is 0 Å². The van der Waals surface area contributed by atoms with Gasteiger partial charge in [-0.05, 0) is 30.2 Å². The van der Waals surface area contributed by atoms with Gasteiger partial charge in [0.05, 0.1) is 0 Å². The quantitative estimate of drug-likeness (QED) is 0.657. The summed E-state index contributed by atoms with van der Waals surface area (Å²) in [4.78, 5) is 0. The van der Waals surface area contributed by atoms with Crippen molar-refractivity contribution in [1.82, 2.24) is 0 Å². The molecular weight excluding hydrogens is 196 g/mol. The summed E-state index contributed by atoms with van der Waals surface area (Å²) < 4.78 is 0. The van der Waals surface area contributed by atoms with Gasteiger partial charge in [0.25, 0.3) is 0 Å². The van der Waals surface area contributed by atoms with E-state index in [0.717, 1.165) is 5.56 Å². The summed E-state index contributed by atoms with van der Waals surface area (Å²) >= 11 is 5.79. The highest BCUT2D eigenvalue weighted by Gasteiger charge is 2.03. The van der Waals surface area contributed by atoms with Crippen molar-refractivity contribution in [2.24, 2.45) is 0 Å². The molecule has 14 heavy (non-hydrogen) atoms. The van der Waals surface area contributed by atoms with Crippen molar-refractivity contribution >= 4 is 17.2 Å². The first-order chi connectivity index (χ1) is 6.69. The lowest BCUT2D eigenvalue weighted by atomic mass is 10.0. The molecule has 0 heterocycles. The van der Waals surface area contributed by atoms with E-state index >= 15 is 0 Å². The van der Waals surface area contributed by atoms with E-state index in [0.29, 0.717) is 10.6 Å². The third kappa shape index (κ3) is 2.13. The van der Waals surface area contributed by atoms with Crippen LogP contribution in [0.2, 0.25) is 5.02 Å². The van der Waals surface area contributed by atoms with Crippen LogP contribution in [0.1, 0.15) is 12.5 Å². The number of allylic oxidation sites excluding steroid dienone is 2.